The van der Waals surface area contributed by atoms with Gasteiger partial charge in [-0.25, -0.2) is 9.18 Å². The minimum absolute atomic E-state index is 0.0826. The van der Waals surface area contributed by atoms with Gasteiger partial charge in [0, 0.05) is 10.9 Å². The van der Waals surface area contributed by atoms with Gasteiger partial charge in [0.05, 0.1) is 19.9 Å². The number of benzene rings is 2. The molecule has 0 aliphatic heterocycles. The number of hydrogen-bond acceptors (Lipinski definition) is 6. The van der Waals surface area contributed by atoms with E-state index in [0.29, 0.717) is 33.7 Å². The van der Waals surface area contributed by atoms with Crippen molar-refractivity contribution >= 4 is 28.5 Å². The molecule has 0 aliphatic carbocycles. The number of anilines is 1. The average molecular weight is 386 g/mol. The van der Waals surface area contributed by atoms with E-state index in [1.165, 1.54) is 26.4 Å². The molecule has 1 heterocycles. The summed E-state index contributed by atoms with van der Waals surface area (Å²) in [6.45, 7) is 1.80. The van der Waals surface area contributed by atoms with Crippen LogP contribution >= 0.6 is 0 Å². The fraction of sp³-hybridized carbons (Fsp3) is 0.200. The summed E-state index contributed by atoms with van der Waals surface area (Å²) < 4.78 is 23.7. The van der Waals surface area contributed by atoms with Gasteiger partial charge in [0.15, 0.2) is 5.76 Å². The zero-order valence-corrected chi connectivity index (χ0v) is 15.6. The average Bonchev–Trinajstić information content (AvgIpc) is 3.12. The zero-order valence-electron chi connectivity index (χ0n) is 15.6. The number of nitrogens with zero attached hydrogens (tertiary/aromatic N) is 2. The first-order valence-electron chi connectivity index (χ1n) is 8.39. The van der Waals surface area contributed by atoms with Gasteiger partial charge in [-0.2, -0.15) is 5.06 Å². The van der Waals surface area contributed by atoms with Crippen molar-refractivity contribution in [2.24, 2.45) is 5.16 Å². The predicted molar refractivity (Wildman–Crippen MR) is 102 cm³/mol. The lowest BCUT2D eigenvalue weighted by Gasteiger charge is -2.20. The number of oxime groups is 1. The highest BCUT2D eigenvalue weighted by Crippen LogP contribution is 2.23. The van der Waals surface area contributed by atoms with Crippen LogP contribution in [0.5, 0.6) is 0 Å². The third kappa shape index (κ3) is 4.12. The van der Waals surface area contributed by atoms with Gasteiger partial charge in [0.2, 0.25) is 0 Å². The summed E-state index contributed by atoms with van der Waals surface area (Å²) in [4.78, 5) is 22.4. The van der Waals surface area contributed by atoms with Crippen molar-refractivity contribution in [3.8, 4) is 0 Å². The first kappa shape index (κ1) is 19.4. The quantitative estimate of drug-likeness (QED) is 0.456. The van der Waals surface area contributed by atoms with Gasteiger partial charge in [0.1, 0.15) is 23.7 Å². The maximum Gasteiger partial charge on any atom is 0.438 e. The Labute approximate surface area is 160 Å². The van der Waals surface area contributed by atoms with Crippen LogP contribution < -0.4 is 5.06 Å². The third-order valence-corrected chi connectivity index (χ3v) is 3.99. The van der Waals surface area contributed by atoms with Gasteiger partial charge in [-0.05, 0) is 37.3 Å². The molecule has 0 atom stereocenters. The van der Waals surface area contributed by atoms with E-state index in [4.69, 9.17) is 18.8 Å². The summed E-state index contributed by atoms with van der Waals surface area (Å²) >= 11 is 0. The predicted octanol–water partition coefficient (Wildman–Crippen LogP) is 4.65. The van der Waals surface area contributed by atoms with E-state index in [9.17, 15) is 9.18 Å². The molecule has 0 fully saturated rings. The van der Waals surface area contributed by atoms with Crippen LogP contribution in [-0.2, 0) is 21.0 Å². The van der Waals surface area contributed by atoms with Crippen molar-refractivity contribution in [1.82, 2.24) is 0 Å². The van der Waals surface area contributed by atoms with E-state index < -0.39 is 6.09 Å². The van der Waals surface area contributed by atoms with Crippen molar-refractivity contribution in [3.63, 3.8) is 0 Å². The number of ether oxygens (including phenoxy) is 1. The Bertz CT molecular complexity index is 1010. The Morgan fingerprint density at radius 1 is 1.18 bits per heavy atom. The molecular formula is C20H19FN2O5. The van der Waals surface area contributed by atoms with E-state index >= 15 is 0 Å². The number of fused-ring (bicyclic) bond motifs is 1. The molecule has 0 radical (unpaired) electrons. The van der Waals surface area contributed by atoms with Crippen LogP contribution in [0.2, 0.25) is 0 Å². The fourth-order valence-corrected chi connectivity index (χ4v) is 2.62. The van der Waals surface area contributed by atoms with Crippen LogP contribution in [0.25, 0.3) is 11.0 Å². The molecule has 7 nitrogen and oxygen atoms in total. The van der Waals surface area contributed by atoms with Gasteiger partial charge >= 0.3 is 6.09 Å². The van der Waals surface area contributed by atoms with Gasteiger partial charge in [-0.1, -0.05) is 23.4 Å². The Kier molecular flexibility index (Phi) is 5.90. The van der Waals surface area contributed by atoms with Crippen molar-refractivity contribution in [3.05, 3.63) is 65.7 Å². The minimum Gasteiger partial charge on any atom is -0.455 e. The molecule has 0 saturated carbocycles. The number of hydrogen-bond donors (Lipinski definition) is 0. The van der Waals surface area contributed by atoms with Crippen LogP contribution in [-0.4, -0.2) is 26.0 Å². The summed E-state index contributed by atoms with van der Waals surface area (Å²) in [5.41, 5.74) is 2.19. The summed E-state index contributed by atoms with van der Waals surface area (Å²) in [5.74, 6) is 0.137. The highest BCUT2D eigenvalue weighted by atomic mass is 19.1. The topological polar surface area (TPSA) is 73.5 Å². The molecule has 3 aromatic rings. The lowest BCUT2D eigenvalue weighted by atomic mass is 10.2. The Morgan fingerprint density at radius 2 is 1.96 bits per heavy atom. The first-order valence-corrected chi connectivity index (χ1v) is 8.39. The van der Waals surface area contributed by atoms with Crippen molar-refractivity contribution in [2.45, 2.75) is 13.5 Å². The number of halogens is 1. The number of para-hydroxylation sites is 1. The van der Waals surface area contributed by atoms with Crippen molar-refractivity contribution in [1.29, 1.82) is 0 Å². The zero-order chi connectivity index (χ0) is 20.1. The third-order valence-electron chi connectivity index (χ3n) is 3.99. The number of amides is 1. The maximum atomic E-state index is 13.3. The van der Waals surface area contributed by atoms with Crippen LogP contribution in [0, 0.1) is 5.82 Å². The molecule has 8 heteroatoms. The Balaban J connectivity index is 1.75. The molecule has 0 saturated heterocycles. The van der Waals surface area contributed by atoms with E-state index in [1.54, 1.807) is 43.3 Å². The monoisotopic (exact) mass is 386 g/mol. The van der Waals surface area contributed by atoms with Gasteiger partial charge < -0.3 is 14.0 Å². The molecule has 0 aliphatic rings. The van der Waals surface area contributed by atoms with E-state index in [1.807, 2.05) is 0 Å². The Morgan fingerprint density at radius 3 is 2.71 bits per heavy atom. The van der Waals surface area contributed by atoms with Crippen LogP contribution in [0.4, 0.5) is 14.9 Å². The smallest absolute Gasteiger partial charge is 0.438 e. The molecule has 1 amide bonds. The standard InChI is InChI=1S/C20H19FN2O5/c1-13(19-11-15-10-16(21)8-9-18(15)28-19)22-27-12-14-6-4-5-7-17(14)23(26-3)20(24)25-2/h4-11H,12H2,1-3H3/b22-13+. The summed E-state index contributed by atoms with van der Waals surface area (Å²) in [6.07, 6.45) is -0.663. The van der Waals surface area contributed by atoms with Crippen LogP contribution in [0.1, 0.15) is 18.2 Å². The Hall–Kier alpha value is -3.39. The second kappa shape index (κ2) is 8.53. The highest BCUT2D eigenvalue weighted by Gasteiger charge is 2.19. The summed E-state index contributed by atoms with van der Waals surface area (Å²) in [6, 6.07) is 13.0. The van der Waals surface area contributed by atoms with Gasteiger partial charge in [0.25, 0.3) is 0 Å². The largest absolute Gasteiger partial charge is 0.455 e. The normalized spacial score (nSPS) is 11.5. The van der Waals surface area contributed by atoms with E-state index in [2.05, 4.69) is 5.16 Å². The lowest BCUT2D eigenvalue weighted by Crippen LogP contribution is -2.30. The van der Waals surface area contributed by atoms with Gasteiger partial charge in [-0.15, -0.1) is 0 Å². The van der Waals surface area contributed by atoms with E-state index in [0.717, 1.165) is 5.06 Å². The molecule has 0 bridgehead atoms. The molecule has 0 spiro atoms. The number of carbonyl (C=O) groups is 1. The minimum atomic E-state index is -0.663. The van der Waals surface area contributed by atoms with E-state index in [-0.39, 0.29) is 12.4 Å². The number of hydroxylamine groups is 1. The second-order valence-electron chi connectivity index (χ2n) is 5.82. The molecule has 28 heavy (non-hydrogen) atoms. The van der Waals surface area contributed by atoms with Crippen LogP contribution in [0.15, 0.2) is 58.1 Å². The first-order chi connectivity index (χ1) is 13.5. The molecule has 3 rings (SSSR count). The molecule has 146 valence electrons. The molecule has 0 unspecified atom stereocenters. The lowest BCUT2D eigenvalue weighted by molar-refractivity contribution is 0.111. The molecular weight excluding hydrogens is 367 g/mol. The van der Waals surface area contributed by atoms with Crippen molar-refractivity contribution in [2.75, 3.05) is 19.3 Å². The second-order valence-corrected chi connectivity index (χ2v) is 5.82. The number of carbonyl (C=O) groups excluding carboxylic acids is 1. The number of rotatable bonds is 6. The maximum absolute atomic E-state index is 13.3. The highest BCUT2D eigenvalue weighted by molar-refractivity contribution is 5.99. The number of furan rings is 1. The summed E-state index contributed by atoms with van der Waals surface area (Å²) in [5, 5.41) is 5.71. The summed E-state index contributed by atoms with van der Waals surface area (Å²) in [7, 11) is 2.63. The molecule has 1 aromatic heterocycles. The van der Waals surface area contributed by atoms with Crippen LogP contribution in [0.3, 0.4) is 0 Å². The fourth-order valence-electron chi connectivity index (χ4n) is 2.62. The molecule has 2 aromatic carbocycles. The number of methoxy groups -OCH3 is 1. The van der Waals surface area contributed by atoms with Crippen molar-refractivity contribution < 1.29 is 28.0 Å². The molecule has 0 N–H and O–H groups in total. The SMILES string of the molecule is COC(=O)N(OC)c1ccccc1CO/N=C(\C)c1cc2cc(F)ccc2o1. The van der Waals surface area contributed by atoms with Gasteiger partial charge in [-0.3, -0.25) is 4.84 Å².